The normalized spacial score (nSPS) is 10.9. The molecule has 0 aliphatic carbocycles. The van der Waals surface area contributed by atoms with Crippen LogP contribution in [0.4, 0.5) is 0 Å². The number of aromatic amines is 1. The summed E-state index contributed by atoms with van der Waals surface area (Å²) in [6.07, 6.45) is 0. The molecule has 0 bridgehead atoms. The van der Waals surface area contributed by atoms with Gasteiger partial charge in [0.1, 0.15) is 0 Å². The smallest absolute Gasteiger partial charge is 0.285 e. The molecule has 5 heteroatoms. The van der Waals surface area contributed by atoms with Gasteiger partial charge in [-0.2, -0.15) is 0 Å². The zero-order chi connectivity index (χ0) is 15.7. The van der Waals surface area contributed by atoms with Crippen molar-refractivity contribution < 1.29 is 0 Å². The summed E-state index contributed by atoms with van der Waals surface area (Å²) in [5, 5.41) is 3.77. The lowest BCUT2D eigenvalue weighted by Crippen LogP contribution is -2.15. The van der Waals surface area contributed by atoms with Crippen LogP contribution in [-0.2, 0) is 0 Å². The zero-order valence-electron chi connectivity index (χ0n) is 12.3. The molecule has 3 aromatic rings. The van der Waals surface area contributed by atoms with E-state index in [9.17, 15) is 4.79 Å². The van der Waals surface area contributed by atoms with Gasteiger partial charge in [0.2, 0.25) is 0 Å². The highest BCUT2D eigenvalue weighted by molar-refractivity contribution is 7.99. The van der Waals surface area contributed by atoms with Crippen molar-refractivity contribution >= 4 is 23.4 Å². The second kappa shape index (κ2) is 6.07. The van der Waals surface area contributed by atoms with Gasteiger partial charge in [0.15, 0.2) is 0 Å². The Morgan fingerprint density at radius 3 is 2.27 bits per heavy atom. The number of benzene rings is 2. The molecule has 0 aliphatic heterocycles. The van der Waals surface area contributed by atoms with E-state index < -0.39 is 0 Å². The van der Waals surface area contributed by atoms with Crippen LogP contribution in [0.1, 0.15) is 11.3 Å². The van der Waals surface area contributed by atoms with E-state index in [4.69, 9.17) is 11.6 Å². The molecule has 0 saturated heterocycles. The van der Waals surface area contributed by atoms with Gasteiger partial charge in [-0.15, -0.1) is 0 Å². The van der Waals surface area contributed by atoms with Crippen LogP contribution in [-0.4, -0.2) is 9.78 Å². The summed E-state index contributed by atoms with van der Waals surface area (Å²) in [5.74, 6) is 0. The van der Waals surface area contributed by atoms with Gasteiger partial charge in [-0.3, -0.25) is 9.89 Å². The number of H-pyrrole nitrogens is 1. The number of aryl methyl sites for hydroxylation is 2. The van der Waals surface area contributed by atoms with Crippen molar-refractivity contribution in [3.8, 4) is 5.69 Å². The number of nitrogens with one attached hydrogen (secondary N) is 1. The van der Waals surface area contributed by atoms with Gasteiger partial charge in [-0.05, 0) is 50.2 Å². The molecule has 112 valence electrons. The third-order valence-electron chi connectivity index (χ3n) is 3.34. The molecule has 1 N–H and O–H groups in total. The fourth-order valence-corrected chi connectivity index (χ4v) is 3.16. The molecule has 1 aromatic heterocycles. The van der Waals surface area contributed by atoms with E-state index in [1.54, 1.807) is 16.8 Å². The summed E-state index contributed by atoms with van der Waals surface area (Å²) < 4.78 is 1.54. The molecule has 3 nitrogen and oxygen atoms in total. The molecule has 0 unspecified atom stereocenters. The van der Waals surface area contributed by atoms with E-state index >= 15 is 0 Å². The Balaban J connectivity index is 1.98. The quantitative estimate of drug-likeness (QED) is 0.762. The number of hydrogen-bond donors (Lipinski definition) is 1. The summed E-state index contributed by atoms with van der Waals surface area (Å²) in [6, 6.07) is 15.3. The van der Waals surface area contributed by atoms with Crippen molar-refractivity contribution in [2.75, 3.05) is 0 Å². The summed E-state index contributed by atoms with van der Waals surface area (Å²) >= 11 is 7.37. The molecule has 0 radical (unpaired) electrons. The minimum atomic E-state index is -0.0506. The van der Waals surface area contributed by atoms with E-state index in [0.29, 0.717) is 9.92 Å². The third kappa shape index (κ3) is 2.98. The van der Waals surface area contributed by atoms with Crippen LogP contribution in [0.2, 0.25) is 5.02 Å². The number of aromatic nitrogens is 2. The number of halogens is 1. The van der Waals surface area contributed by atoms with Crippen LogP contribution < -0.4 is 5.56 Å². The number of nitrogens with zero attached hydrogens (tertiary/aromatic N) is 1. The highest BCUT2D eigenvalue weighted by atomic mass is 35.5. The van der Waals surface area contributed by atoms with Crippen LogP contribution in [0, 0.1) is 13.8 Å². The van der Waals surface area contributed by atoms with Crippen LogP contribution >= 0.6 is 23.4 Å². The number of rotatable bonds is 3. The molecular weight excluding hydrogens is 316 g/mol. The van der Waals surface area contributed by atoms with Crippen molar-refractivity contribution in [1.29, 1.82) is 0 Å². The molecule has 2 aromatic carbocycles. The van der Waals surface area contributed by atoms with Crippen molar-refractivity contribution in [3.05, 3.63) is 75.2 Å². The lowest BCUT2D eigenvalue weighted by atomic mass is 10.2. The summed E-state index contributed by atoms with van der Waals surface area (Å²) in [4.78, 5) is 14.4. The fraction of sp³-hybridized carbons (Fsp3) is 0.118. The maximum Gasteiger partial charge on any atom is 0.285 e. The summed E-state index contributed by atoms with van der Waals surface area (Å²) in [5.41, 5.74) is 2.78. The Morgan fingerprint density at radius 2 is 1.64 bits per heavy atom. The van der Waals surface area contributed by atoms with Gasteiger partial charge in [0.05, 0.1) is 10.6 Å². The van der Waals surface area contributed by atoms with Crippen LogP contribution in [0.5, 0.6) is 0 Å². The monoisotopic (exact) mass is 330 g/mol. The maximum atomic E-state index is 12.6. The second-order valence-electron chi connectivity index (χ2n) is 5.10. The van der Waals surface area contributed by atoms with Gasteiger partial charge in [0, 0.05) is 15.6 Å². The van der Waals surface area contributed by atoms with E-state index in [2.05, 4.69) is 5.10 Å². The number of hydrogen-bond acceptors (Lipinski definition) is 2. The first-order valence-electron chi connectivity index (χ1n) is 6.86. The minimum Gasteiger partial charge on any atom is -0.294 e. The fourth-order valence-electron chi connectivity index (χ4n) is 2.15. The first-order valence-corrected chi connectivity index (χ1v) is 8.06. The molecule has 0 aliphatic rings. The van der Waals surface area contributed by atoms with Gasteiger partial charge in [0.25, 0.3) is 5.56 Å². The predicted molar refractivity (Wildman–Crippen MR) is 91.4 cm³/mol. The first-order chi connectivity index (χ1) is 10.5. The SMILES string of the molecule is Cc1ccc(Sc2c(C)[nH]n(-c3ccc(Cl)cc3)c2=O)cc1. The molecular formula is C17H15ClN2OS. The van der Waals surface area contributed by atoms with E-state index in [1.807, 2.05) is 50.2 Å². The van der Waals surface area contributed by atoms with Gasteiger partial charge in [-0.25, -0.2) is 4.68 Å². The molecule has 0 fully saturated rings. The Labute approximate surface area is 137 Å². The van der Waals surface area contributed by atoms with Crippen molar-refractivity contribution in [3.63, 3.8) is 0 Å². The van der Waals surface area contributed by atoms with E-state index in [-0.39, 0.29) is 5.56 Å². The summed E-state index contributed by atoms with van der Waals surface area (Å²) in [6.45, 7) is 3.95. The van der Waals surface area contributed by atoms with Crippen LogP contribution in [0.15, 0.2) is 63.1 Å². The highest BCUT2D eigenvalue weighted by Crippen LogP contribution is 2.27. The Kier molecular flexibility index (Phi) is 4.14. The molecule has 0 saturated carbocycles. The van der Waals surface area contributed by atoms with E-state index in [1.165, 1.54) is 17.3 Å². The predicted octanol–water partition coefficient (Wildman–Crippen LogP) is 4.59. The lowest BCUT2D eigenvalue weighted by molar-refractivity contribution is 0.834. The highest BCUT2D eigenvalue weighted by Gasteiger charge is 2.13. The zero-order valence-corrected chi connectivity index (χ0v) is 13.8. The largest absolute Gasteiger partial charge is 0.294 e. The van der Waals surface area contributed by atoms with Gasteiger partial charge < -0.3 is 0 Å². The third-order valence-corrected chi connectivity index (χ3v) is 4.79. The maximum absolute atomic E-state index is 12.6. The Hall–Kier alpha value is -1.91. The first kappa shape index (κ1) is 15.0. The van der Waals surface area contributed by atoms with Gasteiger partial charge in [-0.1, -0.05) is 41.1 Å². The summed E-state index contributed by atoms with van der Waals surface area (Å²) in [7, 11) is 0. The van der Waals surface area contributed by atoms with Gasteiger partial charge >= 0.3 is 0 Å². The topological polar surface area (TPSA) is 37.8 Å². The van der Waals surface area contributed by atoms with Crippen molar-refractivity contribution in [2.24, 2.45) is 0 Å². The average molecular weight is 331 g/mol. The van der Waals surface area contributed by atoms with Crippen molar-refractivity contribution in [1.82, 2.24) is 9.78 Å². The standard InChI is InChI=1S/C17H15ClN2OS/c1-11-3-9-15(10-4-11)22-16-12(2)19-20(17(16)21)14-7-5-13(18)6-8-14/h3-10,19H,1-2H3. The van der Waals surface area contributed by atoms with Crippen LogP contribution in [0.3, 0.4) is 0 Å². The van der Waals surface area contributed by atoms with E-state index in [0.717, 1.165) is 16.3 Å². The molecule has 0 atom stereocenters. The molecule has 22 heavy (non-hydrogen) atoms. The molecule has 3 rings (SSSR count). The Bertz CT molecular complexity index is 848. The Morgan fingerprint density at radius 1 is 1.00 bits per heavy atom. The average Bonchev–Trinajstić information content (AvgIpc) is 2.78. The lowest BCUT2D eigenvalue weighted by Gasteiger charge is -2.01. The molecule has 1 heterocycles. The second-order valence-corrected chi connectivity index (χ2v) is 6.62. The molecule has 0 spiro atoms. The van der Waals surface area contributed by atoms with Crippen molar-refractivity contribution in [2.45, 2.75) is 23.6 Å². The van der Waals surface area contributed by atoms with Crippen LogP contribution in [0.25, 0.3) is 5.69 Å². The minimum absolute atomic E-state index is 0.0506. The molecule has 0 amide bonds.